The number of amides is 1. The van der Waals surface area contributed by atoms with Crippen molar-refractivity contribution in [2.24, 2.45) is 5.92 Å². The Kier molecular flexibility index (Phi) is 6.42. The number of allylic oxidation sites excluding steroid dienone is 1. The monoisotopic (exact) mass is 437 g/mol. The molecule has 1 aliphatic heterocycles. The number of hydrogen-bond donors (Lipinski definition) is 0. The van der Waals surface area contributed by atoms with Crippen molar-refractivity contribution in [2.45, 2.75) is 45.3 Å². The van der Waals surface area contributed by atoms with Gasteiger partial charge in [0.25, 0.3) is 0 Å². The SMILES string of the molecule is CCN(CC)C(=O)OC1CCC2C(=O)C(Oc3ccccc3Br)=COC2C1. The summed E-state index contributed by atoms with van der Waals surface area (Å²) in [6.07, 6.45) is 2.33. The fourth-order valence-corrected chi connectivity index (χ4v) is 3.82. The third kappa shape index (κ3) is 4.46. The van der Waals surface area contributed by atoms with E-state index in [1.54, 1.807) is 11.0 Å². The molecule has 1 amide bonds. The molecule has 3 unspecified atom stereocenters. The predicted molar refractivity (Wildman–Crippen MR) is 103 cm³/mol. The minimum atomic E-state index is -0.306. The zero-order valence-electron chi connectivity index (χ0n) is 15.5. The van der Waals surface area contributed by atoms with Gasteiger partial charge < -0.3 is 19.1 Å². The molecule has 146 valence electrons. The van der Waals surface area contributed by atoms with Crippen LogP contribution < -0.4 is 4.74 Å². The number of nitrogens with zero attached hydrogens (tertiary/aromatic N) is 1. The highest BCUT2D eigenvalue weighted by Crippen LogP contribution is 2.36. The average molecular weight is 438 g/mol. The largest absolute Gasteiger partial charge is 0.493 e. The van der Waals surface area contributed by atoms with Crippen LogP contribution in [0.4, 0.5) is 4.79 Å². The first-order valence-corrected chi connectivity index (χ1v) is 10.1. The molecule has 6 nitrogen and oxygen atoms in total. The molecular formula is C20H24BrNO5. The molecule has 2 aliphatic rings. The molecule has 0 radical (unpaired) electrons. The molecule has 0 bridgehead atoms. The number of benzene rings is 1. The topological polar surface area (TPSA) is 65.1 Å². The number of ether oxygens (including phenoxy) is 3. The molecule has 27 heavy (non-hydrogen) atoms. The van der Waals surface area contributed by atoms with E-state index < -0.39 is 0 Å². The average Bonchev–Trinajstić information content (AvgIpc) is 2.66. The van der Waals surface area contributed by atoms with E-state index in [0.29, 0.717) is 38.1 Å². The van der Waals surface area contributed by atoms with Gasteiger partial charge in [-0.1, -0.05) is 12.1 Å². The van der Waals surface area contributed by atoms with Crippen molar-refractivity contribution in [1.29, 1.82) is 0 Å². The Morgan fingerprint density at radius 2 is 2.00 bits per heavy atom. The van der Waals surface area contributed by atoms with E-state index in [1.807, 2.05) is 32.0 Å². The Labute approximate surface area is 167 Å². The molecule has 1 heterocycles. The summed E-state index contributed by atoms with van der Waals surface area (Å²) in [6, 6.07) is 7.35. The molecule has 7 heteroatoms. The summed E-state index contributed by atoms with van der Waals surface area (Å²) in [5.74, 6) is 0.453. The Hall–Kier alpha value is -2.02. The van der Waals surface area contributed by atoms with Gasteiger partial charge in [0.05, 0.1) is 10.4 Å². The lowest BCUT2D eigenvalue weighted by Gasteiger charge is -2.37. The maximum Gasteiger partial charge on any atom is 0.410 e. The molecule has 1 aromatic rings. The highest BCUT2D eigenvalue weighted by molar-refractivity contribution is 9.10. The number of hydrogen-bond acceptors (Lipinski definition) is 5. The number of halogens is 1. The summed E-state index contributed by atoms with van der Waals surface area (Å²) < 4.78 is 17.9. The van der Waals surface area contributed by atoms with E-state index in [0.717, 1.165) is 4.47 Å². The van der Waals surface area contributed by atoms with Gasteiger partial charge in [0.2, 0.25) is 11.5 Å². The van der Waals surface area contributed by atoms with E-state index in [9.17, 15) is 9.59 Å². The molecule has 1 aliphatic carbocycles. The van der Waals surface area contributed by atoms with Crippen LogP contribution in [0.5, 0.6) is 5.75 Å². The van der Waals surface area contributed by atoms with Gasteiger partial charge >= 0.3 is 6.09 Å². The van der Waals surface area contributed by atoms with E-state index in [1.165, 1.54) is 6.26 Å². The van der Waals surface area contributed by atoms with Crippen LogP contribution in [-0.4, -0.2) is 42.1 Å². The van der Waals surface area contributed by atoms with Crippen LogP contribution >= 0.6 is 15.9 Å². The third-order valence-electron chi connectivity index (χ3n) is 5.02. The Morgan fingerprint density at radius 3 is 2.70 bits per heavy atom. The Bertz CT molecular complexity index is 731. The van der Waals surface area contributed by atoms with Crippen LogP contribution in [0.1, 0.15) is 33.1 Å². The minimum absolute atomic E-state index is 0.0597. The first-order valence-electron chi connectivity index (χ1n) is 9.31. The fraction of sp³-hybridized carbons (Fsp3) is 0.500. The second-order valence-corrected chi connectivity index (χ2v) is 7.51. The summed E-state index contributed by atoms with van der Waals surface area (Å²) in [6.45, 7) is 5.06. The van der Waals surface area contributed by atoms with Crippen LogP contribution in [0.2, 0.25) is 0 Å². The fourth-order valence-electron chi connectivity index (χ4n) is 3.46. The molecule has 3 atom stereocenters. The van der Waals surface area contributed by atoms with Crippen LogP contribution in [0.15, 0.2) is 40.8 Å². The molecule has 1 fully saturated rings. The second-order valence-electron chi connectivity index (χ2n) is 6.65. The van der Waals surface area contributed by atoms with Gasteiger partial charge in [0, 0.05) is 19.5 Å². The van der Waals surface area contributed by atoms with Crippen molar-refractivity contribution in [3.05, 3.63) is 40.8 Å². The summed E-state index contributed by atoms with van der Waals surface area (Å²) in [7, 11) is 0. The van der Waals surface area contributed by atoms with E-state index in [2.05, 4.69) is 15.9 Å². The summed E-state index contributed by atoms with van der Waals surface area (Å²) in [5, 5.41) is 0. The van der Waals surface area contributed by atoms with E-state index in [-0.39, 0.29) is 35.8 Å². The molecule has 0 N–H and O–H groups in total. The molecule has 0 saturated heterocycles. The van der Waals surface area contributed by atoms with Gasteiger partial charge in [-0.15, -0.1) is 0 Å². The highest BCUT2D eigenvalue weighted by Gasteiger charge is 2.42. The quantitative estimate of drug-likeness (QED) is 0.687. The first-order chi connectivity index (χ1) is 13.0. The molecular weight excluding hydrogens is 414 g/mol. The highest BCUT2D eigenvalue weighted by atomic mass is 79.9. The van der Waals surface area contributed by atoms with Crippen molar-refractivity contribution in [1.82, 2.24) is 4.90 Å². The molecule has 1 saturated carbocycles. The standard InChI is InChI=1S/C20H24BrNO5/c1-3-22(4-2)20(24)26-13-9-10-14-17(11-13)25-12-18(19(14)23)27-16-8-6-5-7-15(16)21/h5-8,12-14,17H,3-4,9-11H2,1-2H3. The number of carbonyl (C=O) groups is 2. The third-order valence-corrected chi connectivity index (χ3v) is 5.67. The van der Waals surface area contributed by atoms with Crippen LogP contribution in [0, 0.1) is 5.92 Å². The normalized spacial score (nSPS) is 24.3. The maximum atomic E-state index is 12.8. The van der Waals surface area contributed by atoms with Crippen molar-refractivity contribution in [2.75, 3.05) is 13.1 Å². The maximum absolute atomic E-state index is 12.8. The lowest BCUT2D eigenvalue weighted by molar-refractivity contribution is -0.132. The van der Waals surface area contributed by atoms with Crippen LogP contribution in [0.25, 0.3) is 0 Å². The van der Waals surface area contributed by atoms with Crippen molar-refractivity contribution >= 4 is 27.8 Å². The number of Topliss-reactive ketones (excluding diaryl/α,β-unsaturated/α-hetero) is 1. The Morgan fingerprint density at radius 1 is 1.26 bits per heavy atom. The number of para-hydroxylation sites is 1. The molecule has 0 aromatic heterocycles. The first kappa shape index (κ1) is 19.7. The predicted octanol–water partition coefficient (Wildman–Crippen LogP) is 4.28. The number of fused-ring (bicyclic) bond motifs is 1. The molecule has 3 rings (SSSR count). The van der Waals surface area contributed by atoms with Gasteiger partial charge in [0.1, 0.15) is 24.2 Å². The molecule has 0 spiro atoms. The lowest BCUT2D eigenvalue weighted by Crippen LogP contribution is -2.44. The second kappa shape index (κ2) is 8.78. The van der Waals surface area contributed by atoms with Gasteiger partial charge in [-0.2, -0.15) is 0 Å². The number of ketones is 1. The van der Waals surface area contributed by atoms with Crippen molar-refractivity contribution < 1.29 is 23.8 Å². The number of rotatable bonds is 5. The summed E-state index contributed by atoms with van der Waals surface area (Å²) in [5.41, 5.74) is 0. The smallest absolute Gasteiger partial charge is 0.410 e. The minimum Gasteiger partial charge on any atom is -0.493 e. The van der Waals surface area contributed by atoms with Crippen LogP contribution in [0.3, 0.4) is 0 Å². The summed E-state index contributed by atoms with van der Waals surface area (Å²) in [4.78, 5) is 26.6. The lowest BCUT2D eigenvalue weighted by atomic mass is 9.80. The van der Waals surface area contributed by atoms with E-state index >= 15 is 0 Å². The van der Waals surface area contributed by atoms with Gasteiger partial charge in [-0.05, 0) is 54.8 Å². The summed E-state index contributed by atoms with van der Waals surface area (Å²) >= 11 is 3.41. The van der Waals surface area contributed by atoms with Crippen molar-refractivity contribution in [3.8, 4) is 5.75 Å². The zero-order chi connectivity index (χ0) is 19.4. The van der Waals surface area contributed by atoms with Gasteiger partial charge in [-0.3, -0.25) is 4.79 Å². The van der Waals surface area contributed by atoms with Gasteiger partial charge in [-0.25, -0.2) is 4.79 Å². The van der Waals surface area contributed by atoms with Gasteiger partial charge in [0.15, 0.2) is 0 Å². The number of carbonyl (C=O) groups excluding carboxylic acids is 2. The van der Waals surface area contributed by atoms with E-state index in [4.69, 9.17) is 14.2 Å². The van der Waals surface area contributed by atoms with Crippen LogP contribution in [-0.2, 0) is 14.3 Å². The Balaban J connectivity index is 1.62. The van der Waals surface area contributed by atoms with Crippen molar-refractivity contribution in [3.63, 3.8) is 0 Å². The zero-order valence-corrected chi connectivity index (χ0v) is 17.1. The molecule has 1 aromatic carbocycles.